The van der Waals surface area contributed by atoms with E-state index in [9.17, 15) is 18.4 Å². The maximum absolute atomic E-state index is 13.6. The van der Waals surface area contributed by atoms with Gasteiger partial charge in [0.25, 0.3) is 5.91 Å². The van der Waals surface area contributed by atoms with Crippen LogP contribution in [0.2, 0.25) is 0 Å². The highest BCUT2D eigenvalue weighted by Crippen LogP contribution is 2.50. The number of likely N-dealkylation sites (tertiary alicyclic amines) is 1. The van der Waals surface area contributed by atoms with Crippen LogP contribution in [0, 0.1) is 22.7 Å². The Hall–Kier alpha value is -3.93. The van der Waals surface area contributed by atoms with Gasteiger partial charge in [-0.1, -0.05) is 24.8 Å². The molecule has 3 aromatic rings. The second-order valence-electron chi connectivity index (χ2n) is 11.9. The number of imidazole rings is 1. The number of hydrogen-bond acceptors (Lipinski definition) is 4. The molecule has 3 atom stereocenters. The molecular weight excluding hydrogens is 514 g/mol. The maximum Gasteiger partial charge on any atom is 0.387 e. The summed E-state index contributed by atoms with van der Waals surface area (Å²) in [7, 11) is 0. The van der Waals surface area contributed by atoms with E-state index in [1.54, 1.807) is 6.07 Å². The van der Waals surface area contributed by atoms with Crippen LogP contribution in [0.3, 0.4) is 0 Å². The summed E-state index contributed by atoms with van der Waals surface area (Å²) in [6.45, 7) is -0.589. The lowest BCUT2D eigenvalue weighted by atomic mass is 9.90. The molecule has 4 heterocycles. The summed E-state index contributed by atoms with van der Waals surface area (Å²) in [5.74, 6) is 6.29. The number of alkyl halides is 2. The normalized spacial score (nSPS) is 27.3. The molecule has 3 aliphatic heterocycles. The average molecular weight is 548 g/mol. The molecule has 0 radical (unpaired) electrons. The molecule has 2 bridgehead atoms. The fourth-order valence-corrected chi connectivity index (χ4v) is 6.43. The second-order valence-corrected chi connectivity index (χ2v) is 11.9. The second kappa shape index (κ2) is 8.53. The molecule has 0 spiro atoms. The molecule has 1 aliphatic carbocycles. The van der Waals surface area contributed by atoms with E-state index in [2.05, 4.69) is 18.8 Å². The average Bonchev–Trinajstić information content (AvgIpc) is 3.28. The first-order valence-corrected chi connectivity index (χ1v) is 13.5. The van der Waals surface area contributed by atoms with Gasteiger partial charge in [-0.05, 0) is 56.5 Å². The molecule has 206 valence electrons. The summed E-state index contributed by atoms with van der Waals surface area (Å²) in [6.07, 6.45) is 2.79. The Balaban J connectivity index is 1.30. The number of ether oxygens (including phenoxy) is 1. The smallest absolute Gasteiger partial charge is 0.387 e. The van der Waals surface area contributed by atoms with Crippen molar-refractivity contribution in [3.63, 3.8) is 0 Å². The highest BCUT2D eigenvalue weighted by atomic mass is 19.3. The minimum Gasteiger partial charge on any atom is -0.434 e. The van der Waals surface area contributed by atoms with E-state index < -0.39 is 31.6 Å². The molecule has 7 rings (SSSR count). The third-order valence-corrected chi connectivity index (χ3v) is 8.93. The van der Waals surface area contributed by atoms with Crippen LogP contribution in [-0.4, -0.2) is 57.8 Å². The zero-order valence-corrected chi connectivity index (χ0v) is 22.2. The Morgan fingerprint density at radius 2 is 2.02 bits per heavy atom. The first-order valence-electron chi connectivity index (χ1n) is 15.0. The molecule has 1 aromatic heterocycles. The van der Waals surface area contributed by atoms with Gasteiger partial charge in [0.2, 0.25) is 5.91 Å². The molecule has 2 aromatic carbocycles. The van der Waals surface area contributed by atoms with Gasteiger partial charge in [-0.15, -0.1) is 0 Å². The monoisotopic (exact) mass is 547 g/mol. The van der Waals surface area contributed by atoms with Gasteiger partial charge in [-0.25, -0.2) is 4.98 Å². The molecule has 1 unspecified atom stereocenters. The van der Waals surface area contributed by atoms with Gasteiger partial charge in [0.15, 0.2) is 0 Å². The number of hydrogen-bond donors (Lipinski definition) is 0. The molecular formula is C31H30F2N4O3. The number of benzene rings is 2. The van der Waals surface area contributed by atoms with Gasteiger partial charge in [0, 0.05) is 58.1 Å². The van der Waals surface area contributed by atoms with Crippen molar-refractivity contribution in [1.29, 1.82) is 0 Å². The lowest BCUT2D eigenvalue weighted by Gasteiger charge is -2.24. The van der Waals surface area contributed by atoms with Gasteiger partial charge in [-0.3, -0.25) is 9.59 Å². The molecule has 40 heavy (non-hydrogen) atoms. The minimum atomic E-state index is -3.13. The molecule has 2 fully saturated rings. The maximum atomic E-state index is 13.6. The summed E-state index contributed by atoms with van der Waals surface area (Å²) in [4.78, 5) is 33.9. The Morgan fingerprint density at radius 1 is 1.20 bits per heavy atom. The molecule has 1 saturated heterocycles. The zero-order valence-electron chi connectivity index (χ0n) is 25.2. The van der Waals surface area contributed by atoms with Crippen LogP contribution in [0.15, 0.2) is 36.4 Å². The van der Waals surface area contributed by atoms with Crippen LogP contribution >= 0.6 is 0 Å². The summed E-state index contributed by atoms with van der Waals surface area (Å²) in [6, 6.07) is 8.16. The molecule has 9 heteroatoms. The highest BCUT2D eigenvalue weighted by Gasteiger charge is 2.49. The SMILES string of the molecule is [2H]C([2H])([2H])N1C(=O)c2cccc(OC(F)F)c2[C@H]2C[C@@H]1c1nc3ccc(C#CC4(C)CCN(C(=O)C5(C)CC5)C4)cc3n12. The van der Waals surface area contributed by atoms with Crippen LogP contribution in [0.25, 0.3) is 11.0 Å². The van der Waals surface area contributed by atoms with Crippen LogP contribution in [-0.2, 0) is 4.79 Å². The number of halogens is 2. The number of aromatic nitrogens is 2. The quantitative estimate of drug-likeness (QED) is 0.426. The minimum absolute atomic E-state index is 0.0125. The van der Waals surface area contributed by atoms with Crippen LogP contribution in [0.5, 0.6) is 5.75 Å². The van der Waals surface area contributed by atoms with Gasteiger partial charge in [0.05, 0.1) is 23.1 Å². The van der Waals surface area contributed by atoms with Crippen molar-refractivity contribution in [2.24, 2.45) is 10.8 Å². The van der Waals surface area contributed by atoms with Gasteiger partial charge in [0.1, 0.15) is 11.6 Å². The first kappa shape index (κ1) is 21.8. The number of nitrogens with zero attached hydrogens (tertiary/aromatic N) is 4. The summed E-state index contributed by atoms with van der Waals surface area (Å²) >= 11 is 0. The third kappa shape index (κ3) is 3.80. The van der Waals surface area contributed by atoms with Crippen molar-refractivity contribution in [1.82, 2.24) is 19.4 Å². The number of carbonyl (C=O) groups excluding carboxylic acids is 2. The van der Waals surface area contributed by atoms with E-state index in [1.165, 1.54) is 18.2 Å². The van der Waals surface area contributed by atoms with E-state index in [-0.39, 0.29) is 40.0 Å². The first-order chi connectivity index (χ1) is 20.3. The fraction of sp³-hybridized carbons (Fsp3) is 0.452. The van der Waals surface area contributed by atoms with Crippen molar-refractivity contribution in [3.8, 4) is 17.6 Å². The van der Waals surface area contributed by atoms with Crippen LogP contribution in [0.4, 0.5) is 8.78 Å². The van der Waals surface area contributed by atoms with E-state index in [4.69, 9.17) is 13.8 Å². The summed E-state index contributed by atoms with van der Waals surface area (Å²) < 4.78 is 58.1. The molecule has 7 nitrogen and oxygen atoms in total. The summed E-state index contributed by atoms with van der Waals surface area (Å²) in [5, 5.41) is 0. The Morgan fingerprint density at radius 3 is 2.77 bits per heavy atom. The lowest BCUT2D eigenvalue weighted by molar-refractivity contribution is -0.135. The lowest BCUT2D eigenvalue weighted by Crippen LogP contribution is -2.35. The van der Waals surface area contributed by atoms with E-state index in [0.29, 0.717) is 35.5 Å². The number of carbonyl (C=O) groups is 2. The number of fused-ring (bicyclic) bond motifs is 9. The molecule has 1 saturated carbocycles. The van der Waals surface area contributed by atoms with Gasteiger partial charge >= 0.3 is 6.61 Å². The Labute approximate surface area is 235 Å². The Kier molecular flexibility index (Phi) is 4.66. The van der Waals surface area contributed by atoms with Gasteiger partial charge in [-0.2, -0.15) is 8.78 Å². The fourth-order valence-electron chi connectivity index (χ4n) is 6.43. The van der Waals surface area contributed by atoms with E-state index >= 15 is 0 Å². The third-order valence-electron chi connectivity index (χ3n) is 8.93. The predicted octanol–water partition coefficient (Wildman–Crippen LogP) is 5.15. The highest BCUT2D eigenvalue weighted by molar-refractivity contribution is 5.98. The van der Waals surface area contributed by atoms with E-state index in [1.807, 2.05) is 28.5 Å². The van der Waals surface area contributed by atoms with Gasteiger partial charge < -0.3 is 19.1 Å². The molecule has 4 aliphatic rings. The number of rotatable bonds is 3. The standard InChI is InChI=1S/C31H30F2N4O3/c1-30(13-14-36(17-30)28(39)31(2)11-12-31)10-9-18-7-8-20-21(15-18)37-22-16-23(26(37)34-20)35(3)27(38)19-5-4-6-24(25(19)22)40-29(32)33/h4-8,15,22-23,29H,11-14,16-17H2,1-3H3/t22-,23-,30?/m1/s1/i3D3. The van der Waals surface area contributed by atoms with E-state index in [0.717, 1.165) is 24.2 Å². The van der Waals surface area contributed by atoms with Crippen LogP contribution < -0.4 is 4.74 Å². The predicted molar refractivity (Wildman–Crippen MR) is 144 cm³/mol. The zero-order chi connectivity index (χ0) is 30.5. The topological polar surface area (TPSA) is 67.7 Å². The largest absolute Gasteiger partial charge is 0.434 e. The van der Waals surface area contributed by atoms with Crippen molar-refractivity contribution in [3.05, 3.63) is 58.9 Å². The number of amides is 2. The van der Waals surface area contributed by atoms with Crippen molar-refractivity contribution < 1.29 is 27.2 Å². The molecule has 0 N–H and O–H groups in total. The Bertz CT molecular complexity index is 1760. The summed E-state index contributed by atoms with van der Waals surface area (Å²) in [5.41, 5.74) is 1.58. The van der Waals surface area contributed by atoms with Crippen molar-refractivity contribution in [2.45, 2.75) is 58.2 Å². The molecule has 2 amide bonds. The van der Waals surface area contributed by atoms with Crippen molar-refractivity contribution in [2.75, 3.05) is 20.1 Å². The van der Waals surface area contributed by atoms with Crippen LogP contribution in [0.1, 0.15) is 83.0 Å². The van der Waals surface area contributed by atoms with Crippen molar-refractivity contribution >= 4 is 22.8 Å².